The minimum absolute atomic E-state index is 0.0289. The molecular formula is C16H24N2O2. The first-order chi connectivity index (χ1) is 9.71. The Labute approximate surface area is 121 Å². The van der Waals surface area contributed by atoms with Crippen molar-refractivity contribution in [2.75, 3.05) is 26.8 Å². The molecule has 110 valence electrons. The summed E-state index contributed by atoms with van der Waals surface area (Å²) in [6, 6.07) is 3.83. The second kappa shape index (κ2) is 6.86. The van der Waals surface area contributed by atoms with Crippen LogP contribution >= 0.6 is 0 Å². The number of nitrogens with zero attached hydrogens (tertiary/aromatic N) is 2. The topological polar surface area (TPSA) is 45.6 Å². The van der Waals surface area contributed by atoms with E-state index < -0.39 is 0 Å². The Bertz CT molecular complexity index is 450. The van der Waals surface area contributed by atoms with Crippen molar-refractivity contribution in [1.29, 1.82) is 0 Å². The molecule has 1 N–H and O–H groups in total. The van der Waals surface area contributed by atoms with Crippen molar-refractivity contribution in [3.05, 3.63) is 36.7 Å². The van der Waals surface area contributed by atoms with E-state index in [1.165, 1.54) is 0 Å². The van der Waals surface area contributed by atoms with Gasteiger partial charge in [-0.2, -0.15) is 0 Å². The normalized spacial score (nSPS) is 23.5. The maximum absolute atomic E-state index is 9.73. The maximum atomic E-state index is 9.73. The summed E-state index contributed by atoms with van der Waals surface area (Å²) >= 11 is 0. The molecule has 0 amide bonds. The molecular weight excluding hydrogens is 252 g/mol. The largest absolute Gasteiger partial charge is 0.497 e. The van der Waals surface area contributed by atoms with E-state index in [1.54, 1.807) is 13.3 Å². The minimum Gasteiger partial charge on any atom is -0.497 e. The Morgan fingerprint density at radius 3 is 3.15 bits per heavy atom. The highest BCUT2D eigenvalue weighted by atomic mass is 16.5. The lowest BCUT2D eigenvalue weighted by Crippen LogP contribution is -2.44. The highest BCUT2D eigenvalue weighted by molar-refractivity contribution is 5.22. The number of aliphatic hydroxyl groups excluding tert-OH is 1. The van der Waals surface area contributed by atoms with Gasteiger partial charge in [0.1, 0.15) is 5.75 Å². The molecule has 4 heteroatoms. The highest BCUT2D eigenvalue weighted by Crippen LogP contribution is 2.33. The van der Waals surface area contributed by atoms with Gasteiger partial charge in [-0.05, 0) is 31.9 Å². The van der Waals surface area contributed by atoms with Crippen LogP contribution in [0, 0.1) is 5.41 Å². The monoisotopic (exact) mass is 276 g/mol. The van der Waals surface area contributed by atoms with Gasteiger partial charge in [-0.1, -0.05) is 6.08 Å². The third-order valence-corrected chi connectivity index (χ3v) is 4.06. The van der Waals surface area contributed by atoms with Crippen molar-refractivity contribution < 1.29 is 9.84 Å². The van der Waals surface area contributed by atoms with E-state index >= 15 is 0 Å². The van der Waals surface area contributed by atoms with E-state index in [1.807, 2.05) is 18.2 Å². The van der Waals surface area contributed by atoms with Gasteiger partial charge in [0.05, 0.1) is 19.4 Å². The summed E-state index contributed by atoms with van der Waals surface area (Å²) < 4.78 is 5.23. The van der Waals surface area contributed by atoms with Crippen LogP contribution in [0.25, 0.3) is 0 Å². The Kier molecular flexibility index (Phi) is 5.15. The van der Waals surface area contributed by atoms with Crippen molar-refractivity contribution in [2.45, 2.75) is 25.8 Å². The summed E-state index contributed by atoms with van der Waals surface area (Å²) in [4.78, 5) is 6.76. The number of allylic oxidation sites excluding steroid dienone is 1. The lowest BCUT2D eigenvalue weighted by Gasteiger charge is -2.41. The van der Waals surface area contributed by atoms with Gasteiger partial charge in [0.25, 0.3) is 0 Å². The second-order valence-electron chi connectivity index (χ2n) is 5.65. The fourth-order valence-electron chi connectivity index (χ4n) is 3.01. The van der Waals surface area contributed by atoms with Crippen LogP contribution in [0.4, 0.5) is 0 Å². The van der Waals surface area contributed by atoms with E-state index in [0.29, 0.717) is 0 Å². The molecule has 0 radical (unpaired) electrons. The van der Waals surface area contributed by atoms with Gasteiger partial charge in [0.15, 0.2) is 0 Å². The predicted molar refractivity (Wildman–Crippen MR) is 79.6 cm³/mol. The fraction of sp³-hybridized carbons (Fsp3) is 0.562. The van der Waals surface area contributed by atoms with Crippen molar-refractivity contribution in [3.8, 4) is 5.75 Å². The molecule has 0 spiro atoms. The van der Waals surface area contributed by atoms with Crippen LogP contribution in [0.2, 0.25) is 0 Å². The summed E-state index contributed by atoms with van der Waals surface area (Å²) in [6.07, 6.45) is 6.74. The number of aromatic nitrogens is 1. The van der Waals surface area contributed by atoms with Gasteiger partial charge in [0.2, 0.25) is 0 Å². The molecule has 1 aliphatic rings. The van der Waals surface area contributed by atoms with E-state index in [0.717, 1.165) is 50.3 Å². The van der Waals surface area contributed by atoms with Gasteiger partial charge in [-0.25, -0.2) is 0 Å². The van der Waals surface area contributed by atoms with E-state index in [-0.39, 0.29) is 12.0 Å². The van der Waals surface area contributed by atoms with Crippen molar-refractivity contribution in [2.24, 2.45) is 5.41 Å². The Morgan fingerprint density at radius 2 is 2.45 bits per heavy atom. The highest BCUT2D eigenvalue weighted by Gasteiger charge is 2.33. The zero-order valence-corrected chi connectivity index (χ0v) is 12.2. The number of hydrogen-bond donors (Lipinski definition) is 1. The number of rotatable bonds is 6. The minimum atomic E-state index is -0.0289. The summed E-state index contributed by atoms with van der Waals surface area (Å²) in [5.41, 5.74) is 0.982. The summed E-state index contributed by atoms with van der Waals surface area (Å²) in [5.74, 6) is 0.839. The SMILES string of the molecule is C=CC[C@]1(CO)CCCN(Cc2cc(OC)ccn2)C1. The molecule has 1 saturated heterocycles. The third-order valence-electron chi connectivity index (χ3n) is 4.06. The molecule has 0 aliphatic carbocycles. The van der Waals surface area contributed by atoms with Gasteiger partial charge >= 0.3 is 0 Å². The average Bonchev–Trinajstić information content (AvgIpc) is 2.48. The molecule has 1 aliphatic heterocycles. The molecule has 20 heavy (non-hydrogen) atoms. The molecule has 0 unspecified atom stereocenters. The Hall–Kier alpha value is -1.39. The summed E-state index contributed by atoms with van der Waals surface area (Å²) in [6.45, 7) is 6.80. The second-order valence-corrected chi connectivity index (χ2v) is 5.65. The van der Waals surface area contributed by atoms with Crippen LogP contribution in [0.3, 0.4) is 0 Å². The predicted octanol–water partition coefficient (Wildman–Crippen LogP) is 2.24. The average molecular weight is 276 g/mol. The molecule has 4 nitrogen and oxygen atoms in total. The van der Waals surface area contributed by atoms with Crippen LogP contribution in [-0.2, 0) is 6.54 Å². The lowest BCUT2D eigenvalue weighted by atomic mass is 9.78. The van der Waals surface area contributed by atoms with Crippen LogP contribution in [-0.4, -0.2) is 41.8 Å². The molecule has 0 aromatic carbocycles. The van der Waals surface area contributed by atoms with Crippen LogP contribution < -0.4 is 4.74 Å². The molecule has 2 heterocycles. The molecule has 0 saturated carbocycles. The van der Waals surface area contributed by atoms with Gasteiger partial charge < -0.3 is 9.84 Å². The molecule has 0 bridgehead atoms. The van der Waals surface area contributed by atoms with Crippen molar-refractivity contribution in [1.82, 2.24) is 9.88 Å². The zero-order chi connectivity index (χ0) is 14.4. The molecule has 1 fully saturated rings. The van der Waals surface area contributed by atoms with Crippen molar-refractivity contribution in [3.63, 3.8) is 0 Å². The van der Waals surface area contributed by atoms with Crippen LogP contribution in [0.1, 0.15) is 25.0 Å². The molecule has 1 atom stereocenters. The van der Waals surface area contributed by atoms with Gasteiger partial charge in [0, 0.05) is 30.8 Å². The first kappa shape index (κ1) is 15.0. The first-order valence-corrected chi connectivity index (χ1v) is 7.14. The van der Waals surface area contributed by atoms with E-state index in [4.69, 9.17) is 4.74 Å². The number of hydrogen-bond acceptors (Lipinski definition) is 4. The number of piperidine rings is 1. The zero-order valence-electron chi connectivity index (χ0n) is 12.2. The number of ether oxygens (including phenoxy) is 1. The van der Waals surface area contributed by atoms with Gasteiger partial charge in [-0.3, -0.25) is 9.88 Å². The molecule has 1 aromatic rings. The summed E-state index contributed by atoms with van der Waals surface area (Å²) in [7, 11) is 1.67. The Balaban J connectivity index is 2.03. The number of aliphatic hydroxyl groups is 1. The fourth-order valence-corrected chi connectivity index (χ4v) is 3.01. The smallest absolute Gasteiger partial charge is 0.122 e. The maximum Gasteiger partial charge on any atom is 0.122 e. The van der Waals surface area contributed by atoms with Crippen LogP contribution in [0.5, 0.6) is 5.75 Å². The third kappa shape index (κ3) is 3.58. The number of pyridine rings is 1. The summed E-state index contributed by atoms with van der Waals surface area (Å²) in [5, 5.41) is 9.73. The van der Waals surface area contributed by atoms with Gasteiger partial charge in [-0.15, -0.1) is 6.58 Å². The molecule has 2 rings (SSSR count). The van der Waals surface area contributed by atoms with Crippen LogP contribution in [0.15, 0.2) is 31.0 Å². The standard InChI is InChI=1S/C16H24N2O2/c1-3-6-16(13-19)7-4-9-18(12-16)11-14-10-15(20-2)5-8-17-14/h3,5,8,10,19H,1,4,6-7,9,11-13H2,2H3/t16-/m0/s1. The molecule has 1 aromatic heterocycles. The Morgan fingerprint density at radius 1 is 1.60 bits per heavy atom. The van der Waals surface area contributed by atoms with E-state index in [2.05, 4.69) is 16.5 Å². The quantitative estimate of drug-likeness (QED) is 0.809. The first-order valence-electron chi connectivity index (χ1n) is 7.14. The number of likely N-dealkylation sites (tertiary alicyclic amines) is 1. The number of methoxy groups -OCH3 is 1. The van der Waals surface area contributed by atoms with Crippen molar-refractivity contribution >= 4 is 0 Å². The van der Waals surface area contributed by atoms with E-state index in [9.17, 15) is 5.11 Å². The lowest BCUT2D eigenvalue weighted by molar-refractivity contribution is 0.0304.